The maximum Gasteiger partial charge on any atom is 0.165 e. The summed E-state index contributed by atoms with van der Waals surface area (Å²) in [6.07, 6.45) is 12.3. The highest BCUT2D eigenvalue weighted by Gasteiger charge is 2.83. The Hall–Kier alpha value is -1.56. The number of ether oxygens (including phenoxy) is 3. The molecule has 0 amide bonds. The Bertz CT molecular complexity index is 1070. The van der Waals surface area contributed by atoms with E-state index in [1.165, 1.54) is 36.9 Å². The summed E-state index contributed by atoms with van der Waals surface area (Å²) >= 11 is 0. The molecular weight excluding hydrogens is 414 g/mol. The molecule has 33 heavy (non-hydrogen) atoms. The largest absolute Gasteiger partial charge is 0.504 e. The van der Waals surface area contributed by atoms with E-state index in [0.717, 1.165) is 44.1 Å². The summed E-state index contributed by atoms with van der Waals surface area (Å²) in [7, 11) is 1.87. The SMILES string of the molecule is CCO[C@H]1CC[C@@H]2[C@H]1[C@]1(OC)C=C[C@]23[C@H]2Cc4ccc(O)c5c4[C@@]3(CCN2CC2CC2)[C@@H]1O5. The van der Waals surface area contributed by atoms with Gasteiger partial charge < -0.3 is 19.3 Å². The van der Waals surface area contributed by atoms with Crippen molar-refractivity contribution in [1.82, 2.24) is 4.90 Å². The van der Waals surface area contributed by atoms with Crippen LogP contribution in [0, 0.1) is 23.2 Å². The molecule has 1 saturated heterocycles. The van der Waals surface area contributed by atoms with Crippen molar-refractivity contribution in [3.8, 4) is 11.5 Å². The molecule has 4 bridgehead atoms. The fraction of sp³-hybridized carbons (Fsp3) is 0.714. The monoisotopic (exact) mass is 449 g/mol. The number of rotatable bonds is 5. The van der Waals surface area contributed by atoms with Crippen molar-refractivity contribution < 1.29 is 19.3 Å². The average molecular weight is 450 g/mol. The molecule has 9 rings (SSSR count). The molecule has 1 aromatic carbocycles. The van der Waals surface area contributed by atoms with Crippen LogP contribution < -0.4 is 4.74 Å². The van der Waals surface area contributed by atoms with Gasteiger partial charge >= 0.3 is 0 Å². The van der Waals surface area contributed by atoms with Crippen molar-refractivity contribution in [1.29, 1.82) is 0 Å². The lowest BCUT2D eigenvalue weighted by Crippen LogP contribution is -2.82. The van der Waals surface area contributed by atoms with E-state index >= 15 is 0 Å². The van der Waals surface area contributed by atoms with Crippen LogP contribution in [-0.2, 0) is 21.3 Å². The molecular formula is C28H35NO4. The van der Waals surface area contributed by atoms with Gasteiger partial charge in [0.25, 0.3) is 0 Å². The van der Waals surface area contributed by atoms with Gasteiger partial charge in [0.2, 0.25) is 0 Å². The van der Waals surface area contributed by atoms with Crippen LogP contribution in [0.3, 0.4) is 0 Å². The van der Waals surface area contributed by atoms with Gasteiger partial charge in [0.1, 0.15) is 11.7 Å². The number of piperidine rings is 1. The van der Waals surface area contributed by atoms with E-state index in [-0.39, 0.29) is 23.0 Å². The third-order valence-corrected chi connectivity index (χ3v) is 11.0. The summed E-state index contributed by atoms with van der Waals surface area (Å²) < 4.78 is 19.8. The summed E-state index contributed by atoms with van der Waals surface area (Å²) in [5.74, 6) is 2.74. The summed E-state index contributed by atoms with van der Waals surface area (Å²) in [6, 6.07) is 4.53. The van der Waals surface area contributed by atoms with Gasteiger partial charge in [-0.15, -0.1) is 0 Å². The molecule has 5 heteroatoms. The van der Waals surface area contributed by atoms with Gasteiger partial charge in [-0.3, -0.25) is 4.90 Å². The Morgan fingerprint density at radius 3 is 2.85 bits per heavy atom. The van der Waals surface area contributed by atoms with E-state index < -0.39 is 5.60 Å². The molecule has 2 aliphatic heterocycles. The van der Waals surface area contributed by atoms with Crippen molar-refractivity contribution in [3.63, 3.8) is 0 Å². The lowest BCUT2D eigenvalue weighted by molar-refractivity contribution is -0.251. The number of hydrogen-bond donors (Lipinski definition) is 1. The van der Waals surface area contributed by atoms with Gasteiger partial charge in [-0.2, -0.15) is 0 Å². The van der Waals surface area contributed by atoms with Gasteiger partial charge in [0, 0.05) is 43.2 Å². The Morgan fingerprint density at radius 2 is 2.06 bits per heavy atom. The van der Waals surface area contributed by atoms with Crippen LogP contribution in [0.15, 0.2) is 24.3 Å². The van der Waals surface area contributed by atoms with Crippen LogP contribution in [0.1, 0.15) is 50.2 Å². The number of phenolic OH excluding ortho intramolecular Hbond substituents is 1. The van der Waals surface area contributed by atoms with E-state index in [1.54, 1.807) is 0 Å². The number of likely N-dealkylation sites (tertiary alicyclic amines) is 1. The van der Waals surface area contributed by atoms with Crippen LogP contribution in [0.2, 0.25) is 0 Å². The molecule has 4 fully saturated rings. The zero-order valence-electron chi connectivity index (χ0n) is 19.8. The van der Waals surface area contributed by atoms with Crippen LogP contribution in [0.4, 0.5) is 0 Å². The van der Waals surface area contributed by atoms with E-state index in [1.807, 2.05) is 13.2 Å². The van der Waals surface area contributed by atoms with Crippen LogP contribution in [0.25, 0.3) is 0 Å². The van der Waals surface area contributed by atoms with Gasteiger partial charge in [0.05, 0.1) is 11.5 Å². The van der Waals surface area contributed by atoms with Crippen molar-refractivity contribution in [2.45, 2.75) is 74.7 Å². The first kappa shape index (κ1) is 19.7. The van der Waals surface area contributed by atoms with Gasteiger partial charge in [0.15, 0.2) is 11.5 Å². The van der Waals surface area contributed by atoms with Gasteiger partial charge in [-0.25, -0.2) is 0 Å². The first-order chi connectivity index (χ1) is 16.1. The molecule has 2 heterocycles. The molecule has 0 radical (unpaired) electrons. The van der Waals surface area contributed by atoms with Crippen LogP contribution >= 0.6 is 0 Å². The lowest BCUT2D eigenvalue weighted by Gasteiger charge is -2.73. The predicted octanol–water partition coefficient (Wildman–Crippen LogP) is 3.82. The zero-order chi connectivity index (χ0) is 22.2. The number of phenols is 1. The summed E-state index contributed by atoms with van der Waals surface area (Å²) in [4.78, 5) is 2.86. The highest BCUT2D eigenvalue weighted by Crippen LogP contribution is 2.78. The molecule has 3 saturated carbocycles. The lowest BCUT2D eigenvalue weighted by atomic mass is 9.34. The van der Waals surface area contributed by atoms with E-state index in [0.29, 0.717) is 23.6 Å². The third-order valence-electron chi connectivity index (χ3n) is 11.0. The van der Waals surface area contributed by atoms with E-state index in [2.05, 4.69) is 30.0 Å². The quantitative estimate of drug-likeness (QED) is 0.693. The zero-order valence-corrected chi connectivity index (χ0v) is 19.8. The van der Waals surface area contributed by atoms with Crippen molar-refractivity contribution in [2.75, 3.05) is 26.8 Å². The van der Waals surface area contributed by atoms with E-state index in [9.17, 15) is 5.11 Å². The highest BCUT2D eigenvalue weighted by molar-refractivity contribution is 5.65. The molecule has 0 aromatic heterocycles. The minimum absolute atomic E-state index is 0.0215. The first-order valence-corrected chi connectivity index (χ1v) is 13.2. The third kappa shape index (κ3) is 1.98. The van der Waals surface area contributed by atoms with Crippen LogP contribution in [-0.4, -0.2) is 60.7 Å². The average Bonchev–Trinajstić information content (AvgIpc) is 3.41. The number of benzene rings is 1. The topological polar surface area (TPSA) is 51.2 Å². The highest BCUT2D eigenvalue weighted by atomic mass is 16.6. The van der Waals surface area contributed by atoms with Gasteiger partial charge in [-0.1, -0.05) is 18.2 Å². The predicted molar refractivity (Wildman–Crippen MR) is 124 cm³/mol. The Kier molecular flexibility index (Phi) is 3.68. The molecule has 1 N–H and O–H groups in total. The standard InChI is InChI=1S/C28H35NO4/c1-3-32-20-9-7-18-23(20)28(31-2)11-10-26(18)21-14-17-6-8-19(30)24-22(17)27(26,25(28)33-24)12-13-29(21)15-16-4-5-16/h6,8,10-11,16,18,20-21,23,25,30H,3-5,7,9,12-15H2,1-2H3/t18-,20+,21-,23-,25+,26-,27+,28-/m1/s1. The molecule has 8 atom stereocenters. The second-order valence-electron chi connectivity index (χ2n) is 11.9. The fourth-order valence-corrected chi connectivity index (χ4v) is 9.98. The molecule has 6 aliphatic carbocycles. The maximum absolute atomic E-state index is 11.0. The summed E-state index contributed by atoms with van der Waals surface area (Å²) in [5, 5.41) is 11.0. The smallest absolute Gasteiger partial charge is 0.165 e. The number of aromatic hydroxyl groups is 1. The van der Waals surface area contributed by atoms with Crippen molar-refractivity contribution in [2.24, 2.45) is 23.2 Å². The Labute approximate surface area is 196 Å². The number of hydrogen-bond acceptors (Lipinski definition) is 5. The van der Waals surface area contributed by atoms with Crippen molar-refractivity contribution >= 4 is 0 Å². The number of methoxy groups -OCH3 is 1. The van der Waals surface area contributed by atoms with E-state index in [4.69, 9.17) is 14.2 Å². The van der Waals surface area contributed by atoms with Crippen molar-refractivity contribution in [3.05, 3.63) is 35.4 Å². The molecule has 176 valence electrons. The first-order valence-electron chi connectivity index (χ1n) is 13.2. The van der Waals surface area contributed by atoms with Gasteiger partial charge in [-0.05, 0) is 75.5 Å². The second-order valence-corrected chi connectivity index (χ2v) is 11.9. The summed E-state index contributed by atoms with van der Waals surface area (Å²) in [6.45, 7) is 5.22. The molecule has 5 nitrogen and oxygen atoms in total. The maximum atomic E-state index is 11.0. The molecule has 1 aromatic rings. The Morgan fingerprint density at radius 1 is 1.18 bits per heavy atom. The number of nitrogens with zero attached hydrogens (tertiary/aromatic N) is 1. The summed E-state index contributed by atoms with van der Waals surface area (Å²) in [5.41, 5.74) is 2.11. The molecule has 8 aliphatic rings. The minimum Gasteiger partial charge on any atom is -0.504 e. The minimum atomic E-state index is -0.508. The molecule has 0 unspecified atom stereocenters. The van der Waals surface area contributed by atoms with Crippen LogP contribution in [0.5, 0.6) is 11.5 Å². The second kappa shape index (κ2) is 6.16. The normalized spacial score (nSPS) is 48.0. The Balaban J connectivity index is 1.41. The fourth-order valence-electron chi connectivity index (χ4n) is 9.98. The molecule has 2 spiro atoms.